The standard InChI is InChI=1S/C17H24N2O2/c1-14(2)19-11-10-18(13-17(19)8-9-17)16(20)21-12-15-6-4-3-5-7-15/h3-7,14H,8-13H2,1-2H3. The highest BCUT2D eigenvalue weighted by molar-refractivity contribution is 5.68. The Bertz CT molecular complexity index is 497. The van der Waals surface area contributed by atoms with Gasteiger partial charge in [0.15, 0.2) is 0 Å². The van der Waals surface area contributed by atoms with Crippen LogP contribution in [-0.2, 0) is 11.3 Å². The molecule has 0 atom stereocenters. The second-order valence-corrected chi connectivity index (χ2v) is 6.47. The minimum atomic E-state index is -0.173. The van der Waals surface area contributed by atoms with E-state index in [4.69, 9.17) is 4.74 Å². The van der Waals surface area contributed by atoms with Gasteiger partial charge < -0.3 is 9.64 Å². The van der Waals surface area contributed by atoms with Gasteiger partial charge in [0.25, 0.3) is 0 Å². The third-order valence-electron chi connectivity index (χ3n) is 4.62. The summed E-state index contributed by atoms with van der Waals surface area (Å²) in [6, 6.07) is 10.4. The van der Waals surface area contributed by atoms with Crippen LogP contribution in [-0.4, -0.2) is 47.1 Å². The van der Waals surface area contributed by atoms with Gasteiger partial charge in [0.05, 0.1) is 0 Å². The molecule has 1 amide bonds. The van der Waals surface area contributed by atoms with Gasteiger partial charge in [0.1, 0.15) is 6.61 Å². The van der Waals surface area contributed by atoms with Gasteiger partial charge in [0.2, 0.25) is 0 Å². The van der Waals surface area contributed by atoms with Crippen molar-refractivity contribution in [2.75, 3.05) is 19.6 Å². The van der Waals surface area contributed by atoms with E-state index in [2.05, 4.69) is 18.7 Å². The monoisotopic (exact) mass is 288 g/mol. The van der Waals surface area contributed by atoms with Crippen molar-refractivity contribution >= 4 is 6.09 Å². The Morgan fingerprint density at radius 1 is 1.24 bits per heavy atom. The van der Waals surface area contributed by atoms with Crippen molar-refractivity contribution in [3.05, 3.63) is 35.9 Å². The first-order valence-electron chi connectivity index (χ1n) is 7.83. The van der Waals surface area contributed by atoms with Crippen molar-refractivity contribution in [1.82, 2.24) is 9.80 Å². The SMILES string of the molecule is CC(C)N1CCN(C(=O)OCc2ccccc2)CC12CC2. The number of nitrogens with zero attached hydrogens (tertiary/aromatic N) is 2. The lowest BCUT2D eigenvalue weighted by Crippen LogP contribution is -2.58. The summed E-state index contributed by atoms with van der Waals surface area (Å²) in [7, 11) is 0. The predicted molar refractivity (Wildman–Crippen MR) is 82.0 cm³/mol. The molecule has 1 saturated carbocycles. The molecule has 4 nitrogen and oxygen atoms in total. The maximum atomic E-state index is 12.2. The molecule has 1 spiro atoms. The van der Waals surface area contributed by atoms with E-state index in [1.807, 2.05) is 35.2 Å². The Kier molecular flexibility index (Phi) is 3.89. The number of rotatable bonds is 3. The molecule has 0 radical (unpaired) electrons. The molecule has 0 unspecified atom stereocenters. The van der Waals surface area contributed by atoms with E-state index in [1.165, 1.54) is 12.8 Å². The number of carbonyl (C=O) groups excluding carboxylic acids is 1. The normalized spacial score (nSPS) is 20.8. The first kappa shape index (κ1) is 14.4. The average molecular weight is 288 g/mol. The zero-order valence-electron chi connectivity index (χ0n) is 12.9. The highest BCUT2D eigenvalue weighted by Gasteiger charge is 2.52. The van der Waals surface area contributed by atoms with E-state index in [1.54, 1.807) is 0 Å². The average Bonchev–Trinajstić information content (AvgIpc) is 3.25. The van der Waals surface area contributed by atoms with E-state index in [9.17, 15) is 4.79 Å². The molecule has 3 rings (SSSR count). The second-order valence-electron chi connectivity index (χ2n) is 6.47. The van der Waals surface area contributed by atoms with Gasteiger partial charge in [-0.3, -0.25) is 4.90 Å². The fourth-order valence-corrected chi connectivity index (χ4v) is 3.35. The Labute approximate surface area is 126 Å². The van der Waals surface area contributed by atoms with E-state index in [-0.39, 0.29) is 11.6 Å². The molecular weight excluding hydrogens is 264 g/mol. The fraction of sp³-hybridized carbons (Fsp3) is 0.588. The zero-order valence-corrected chi connectivity index (χ0v) is 12.9. The zero-order chi connectivity index (χ0) is 14.9. The lowest BCUT2D eigenvalue weighted by molar-refractivity contribution is 0.0238. The smallest absolute Gasteiger partial charge is 0.410 e. The highest BCUT2D eigenvalue weighted by Crippen LogP contribution is 2.45. The topological polar surface area (TPSA) is 32.8 Å². The van der Waals surface area contributed by atoms with Crippen LogP contribution in [0.25, 0.3) is 0 Å². The van der Waals surface area contributed by atoms with E-state index in [0.717, 1.165) is 25.2 Å². The largest absolute Gasteiger partial charge is 0.445 e. The van der Waals surface area contributed by atoms with E-state index in [0.29, 0.717) is 12.6 Å². The minimum absolute atomic E-state index is 0.173. The van der Waals surface area contributed by atoms with Crippen molar-refractivity contribution < 1.29 is 9.53 Å². The van der Waals surface area contributed by atoms with Crippen LogP contribution >= 0.6 is 0 Å². The van der Waals surface area contributed by atoms with Crippen LogP contribution in [0.2, 0.25) is 0 Å². The molecule has 4 heteroatoms. The molecule has 21 heavy (non-hydrogen) atoms. The summed E-state index contributed by atoms with van der Waals surface area (Å²) in [5, 5.41) is 0. The van der Waals surface area contributed by atoms with Gasteiger partial charge in [-0.1, -0.05) is 30.3 Å². The van der Waals surface area contributed by atoms with Gasteiger partial charge in [-0.2, -0.15) is 0 Å². The Morgan fingerprint density at radius 3 is 2.57 bits per heavy atom. The van der Waals surface area contributed by atoms with Crippen LogP contribution in [0.1, 0.15) is 32.3 Å². The number of piperazine rings is 1. The first-order chi connectivity index (χ1) is 10.1. The van der Waals surface area contributed by atoms with Crippen molar-refractivity contribution in [2.24, 2.45) is 0 Å². The molecule has 2 fully saturated rings. The quantitative estimate of drug-likeness (QED) is 0.857. The lowest BCUT2D eigenvalue weighted by atomic mass is 10.1. The molecule has 114 valence electrons. The molecule has 1 aliphatic carbocycles. The maximum Gasteiger partial charge on any atom is 0.410 e. The summed E-state index contributed by atoms with van der Waals surface area (Å²) in [6.45, 7) is 7.38. The van der Waals surface area contributed by atoms with Crippen LogP contribution in [0.5, 0.6) is 0 Å². The van der Waals surface area contributed by atoms with Crippen molar-refractivity contribution in [3.63, 3.8) is 0 Å². The maximum absolute atomic E-state index is 12.2. The van der Waals surface area contributed by atoms with Crippen LogP contribution in [0.3, 0.4) is 0 Å². The first-order valence-corrected chi connectivity index (χ1v) is 7.83. The molecule has 0 aromatic heterocycles. The van der Waals surface area contributed by atoms with Gasteiger partial charge in [-0.15, -0.1) is 0 Å². The summed E-state index contributed by atoms with van der Waals surface area (Å²) in [5.41, 5.74) is 1.27. The summed E-state index contributed by atoms with van der Waals surface area (Å²) >= 11 is 0. The third-order valence-corrected chi connectivity index (χ3v) is 4.62. The number of ether oxygens (including phenoxy) is 1. The molecule has 1 heterocycles. The molecule has 2 aliphatic rings. The minimum Gasteiger partial charge on any atom is -0.445 e. The third kappa shape index (κ3) is 3.05. The Morgan fingerprint density at radius 2 is 1.95 bits per heavy atom. The van der Waals surface area contributed by atoms with Crippen molar-refractivity contribution in [3.8, 4) is 0 Å². The predicted octanol–water partition coefficient (Wildman–Crippen LogP) is 2.88. The number of benzene rings is 1. The van der Waals surface area contributed by atoms with Gasteiger partial charge in [0, 0.05) is 31.2 Å². The summed E-state index contributed by atoms with van der Waals surface area (Å²) in [6.07, 6.45) is 2.23. The van der Waals surface area contributed by atoms with Crippen molar-refractivity contribution in [1.29, 1.82) is 0 Å². The molecular formula is C17H24N2O2. The van der Waals surface area contributed by atoms with Gasteiger partial charge >= 0.3 is 6.09 Å². The molecule has 1 aliphatic heterocycles. The number of carbonyl (C=O) groups is 1. The Hall–Kier alpha value is -1.55. The highest BCUT2D eigenvalue weighted by atomic mass is 16.6. The molecule has 1 aromatic rings. The number of amides is 1. The molecule has 1 aromatic carbocycles. The molecule has 1 saturated heterocycles. The second kappa shape index (κ2) is 5.68. The van der Waals surface area contributed by atoms with E-state index >= 15 is 0 Å². The molecule has 0 bridgehead atoms. The summed E-state index contributed by atoms with van der Waals surface area (Å²) in [4.78, 5) is 16.7. The van der Waals surface area contributed by atoms with Crippen LogP contribution in [0, 0.1) is 0 Å². The lowest BCUT2D eigenvalue weighted by Gasteiger charge is -2.43. The molecule has 0 N–H and O–H groups in total. The Balaban J connectivity index is 1.55. The fourth-order valence-electron chi connectivity index (χ4n) is 3.35. The van der Waals surface area contributed by atoms with Gasteiger partial charge in [-0.05, 0) is 32.3 Å². The summed E-state index contributed by atoms with van der Waals surface area (Å²) in [5.74, 6) is 0. The van der Waals surface area contributed by atoms with Gasteiger partial charge in [-0.25, -0.2) is 4.79 Å². The van der Waals surface area contributed by atoms with Crippen molar-refractivity contribution in [2.45, 2.75) is 44.9 Å². The summed E-state index contributed by atoms with van der Waals surface area (Å²) < 4.78 is 5.45. The van der Waals surface area contributed by atoms with Crippen LogP contribution < -0.4 is 0 Å². The number of hydrogen-bond acceptors (Lipinski definition) is 3. The van der Waals surface area contributed by atoms with Crippen LogP contribution in [0.4, 0.5) is 4.79 Å². The van der Waals surface area contributed by atoms with Crippen LogP contribution in [0.15, 0.2) is 30.3 Å². The van der Waals surface area contributed by atoms with E-state index < -0.39 is 0 Å². The number of hydrogen-bond donors (Lipinski definition) is 0.